The summed E-state index contributed by atoms with van der Waals surface area (Å²) in [4.78, 5) is -0.0144. The van der Waals surface area contributed by atoms with Crippen LogP contribution in [0.1, 0.15) is 30.8 Å². The summed E-state index contributed by atoms with van der Waals surface area (Å²) in [6, 6.07) is 13.9. The van der Waals surface area contributed by atoms with Crippen molar-refractivity contribution in [2.45, 2.75) is 24.3 Å². The van der Waals surface area contributed by atoms with Gasteiger partial charge >= 0.3 is 0 Å². The molecule has 6 nitrogen and oxygen atoms in total. The van der Waals surface area contributed by atoms with Crippen molar-refractivity contribution in [1.29, 1.82) is 5.26 Å². The third-order valence-electron chi connectivity index (χ3n) is 4.85. The highest BCUT2D eigenvalue weighted by atomic mass is 32.2. The van der Waals surface area contributed by atoms with E-state index in [2.05, 4.69) is 6.07 Å². The summed E-state index contributed by atoms with van der Waals surface area (Å²) < 4.78 is 43.9. The second kappa shape index (κ2) is 6.39. The Labute approximate surface area is 161 Å². The van der Waals surface area contributed by atoms with Crippen molar-refractivity contribution in [3.63, 3.8) is 0 Å². The Morgan fingerprint density at radius 2 is 1.82 bits per heavy atom. The standard InChI is InChI=1S/C20H16FN3O3S/c1-2-17-18-10-4-14(12-22)23(18)19-9-3-13(21)11-20(19)24(17)28(26,27)16-7-5-15(25)6-8-16/h3-11,17,25H,2H2,1H3. The largest absolute Gasteiger partial charge is 0.508 e. The maximum atomic E-state index is 14.1. The molecular formula is C20H16FN3O3S. The molecule has 1 N–H and O–H groups in total. The Balaban J connectivity index is 2.01. The molecule has 28 heavy (non-hydrogen) atoms. The van der Waals surface area contributed by atoms with Crippen molar-refractivity contribution in [3.8, 4) is 17.5 Å². The fraction of sp³-hybridized carbons (Fsp3) is 0.150. The van der Waals surface area contributed by atoms with Crippen LogP contribution in [-0.4, -0.2) is 18.1 Å². The number of sulfonamides is 1. The van der Waals surface area contributed by atoms with Gasteiger partial charge in [-0.3, -0.25) is 4.31 Å². The van der Waals surface area contributed by atoms with Gasteiger partial charge in [0.2, 0.25) is 0 Å². The minimum Gasteiger partial charge on any atom is -0.508 e. The van der Waals surface area contributed by atoms with Crippen LogP contribution in [0.3, 0.4) is 0 Å². The van der Waals surface area contributed by atoms with E-state index in [0.29, 0.717) is 23.5 Å². The second-order valence-electron chi connectivity index (χ2n) is 6.44. The van der Waals surface area contributed by atoms with E-state index >= 15 is 0 Å². The van der Waals surface area contributed by atoms with Crippen molar-refractivity contribution >= 4 is 15.7 Å². The lowest BCUT2D eigenvalue weighted by molar-refractivity contribution is 0.474. The molecular weight excluding hydrogens is 381 g/mol. The molecule has 4 rings (SSSR count). The fourth-order valence-corrected chi connectivity index (χ4v) is 5.33. The number of hydrogen-bond acceptors (Lipinski definition) is 4. The first-order valence-corrected chi connectivity index (χ1v) is 10.1. The van der Waals surface area contributed by atoms with Crippen molar-refractivity contribution in [3.05, 3.63) is 71.8 Å². The van der Waals surface area contributed by atoms with E-state index in [1.54, 1.807) is 16.7 Å². The van der Waals surface area contributed by atoms with E-state index < -0.39 is 21.9 Å². The molecule has 0 bridgehead atoms. The predicted octanol–water partition coefficient (Wildman–Crippen LogP) is 3.85. The molecule has 0 fully saturated rings. The lowest BCUT2D eigenvalue weighted by atomic mass is 10.1. The van der Waals surface area contributed by atoms with Gasteiger partial charge in [-0.05, 0) is 55.0 Å². The number of fused-ring (bicyclic) bond motifs is 3. The van der Waals surface area contributed by atoms with Crippen LogP contribution >= 0.6 is 0 Å². The number of benzene rings is 2. The summed E-state index contributed by atoms with van der Waals surface area (Å²) >= 11 is 0. The average Bonchev–Trinajstić information content (AvgIpc) is 3.11. The number of rotatable bonds is 3. The first kappa shape index (κ1) is 18.1. The predicted molar refractivity (Wildman–Crippen MR) is 101 cm³/mol. The van der Waals surface area contributed by atoms with Crippen LogP contribution < -0.4 is 4.31 Å². The first-order valence-electron chi connectivity index (χ1n) is 8.63. The van der Waals surface area contributed by atoms with E-state index in [4.69, 9.17) is 0 Å². The maximum Gasteiger partial charge on any atom is 0.265 e. The normalized spacial score (nSPS) is 15.6. The number of aromatic hydroxyl groups is 1. The summed E-state index contributed by atoms with van der Waals surface area (Å²) in [5.41, 5.74) is 1.58. The highest BCUT2D eigenvalue weighted by Gasteiger charge is 2.39. The number of nitriles is 1. The molecule has 1 aliphatic heterocycles. The average molecular weight is 397 g/mol. The summed E-state index contributed by atoms with van der Waals surface area (Å²) in [5, 5.41) is 18.9. The van der Waals surface area contributed by atoms with Gasteiger partial charge in [0.1, 0.15) is 23.3 Å². The number of phenols is 1. The minimum atomic E-state index is -4.05. The number of anilines is 1. The number of hydrogen-bond donors (Lipinski definition) is 1. The quantitative estimate of drug-likeness (QED) is 0.727. The molecule has 3 aromatic rings. The monoisotopic (exact) mass is 397 g/mol. The van der Waals surface area contributed by atoms with Gasteiger partial charge in [0.05, 0.1) is 22.3 Å². The Morgan fingerprint density at radius 1 is 1.11 bits per heavy atom. The van der Waals surface area contributed by atoms with Crippen molar-refractivity contribution < 1.29 is 17.9 Å². The lowest BCUT2D eigenvalue weighted by Gasteiger charge is -2.38. The lowest BCUT2D eigenvalue weighted by Crippen LogP contribution is -2.39. The molecule has 1 unspecified atom stereocenters. The molecule has 0 saturated heterocycles. The number of aromatic nitrogens is 1. The molecule has 0 radical (unpaired) electrons. The molecule has 2 heterocycles. The zero-order valence-electron chi connectivity index (χ0n) is 14.9. The first-order chi connectivity index (χ1) is 13.4. The topological polar surface area (TPSA) is 86.3 Å². The minimum absolute atomic E-state index is 0.0144. The molecule has 2 aromatic carbocycles. The molecule has 0 spiro atoms. The van der Waals surface area contributed by atoms with Crippen LogP contribution in [0.25, 0.3) is 5.69 Å². The summed E-state index contributed by atoms with van der Waals surface area (Å²) in [5.74, 6) is -0.628. The van der Waals surface area contributed by atoms with E-state index in [-0.39, 0.29) is 16.3 Å². The molecule has 0 amide bonds. The van der Waals surface area contributed by atoms with E-state index in [1.165, 1.54) is 46.8 Å². The van der Waals surface area contributed by atoms with Crippen molar-refractivity contribution in [2.75, 3.05) is 4.31 Å². The van der Waals surface area contributed by atoms with Gasteiger partial charge in [-0.1, -0.05) is 6.92 Å². The van der Waals surface area contributed by atoms with Crippen LogP contribution in [0.5, 0.6) is 5.75 Å². The summed E-state index contributed by atoms with van der Waals surface area (Å²) in [7, 11) is -4.05. The fourth-order valence-electron chi connectivity index (χ4n) is 3.62. The summed E-state index contributed by atoms with van der Waals surface area (Å²) in [6.07, 6.45) is 0.419. The Hall–Kier alpha value is -3.31. The molecule has 1 aliphatic rings. The van der Waals surface area contributed by atoms with Gasteiger partial charge in [0, 0.05) is 11.8 Å². The molecule has 0 aliphatic carbocycles. The summed E-state index contributed by atoms with van der Waals surface area (Å²) in [6.45, 7) is 1.83. The highest BCUT2D eigenvalue weighted by Crippen LogP contribution is 2.44. The Bertz CT molecular complexity index is 1210. The molecule has 142 valence electrons. The van der Waals surface area contributed by atoms with Gasteiger partial charge in [0.15, 0.2) is 0 Å². The van der Waals surface area contributed by atoms with Gasteiger partial charge in [-0.15, -0.1) is 0 Å². The molecule has 8 heteroatoms. The Kier molecular flexibility index (Phi) is 4.12. The number of halogens is 1. The van der Waals surface area contributed by atoms with Gasteiger partial charge < -0.3 is 9.67 Å². The highest BCUT2D eigenvalue weighted by molar-refractivity contribution is 7.92. The van der Waals surface area contributed by atoms with E-state index in [1.807, 2.05) is 6.92 Å². The van der Waals surface area contributed by atoms with Crippen LogP contribution in [0, 0.1) is 17.1 Å². The molecule has 1 atom stereocenters. The van der Waals surface area contributed by atoms with Crippen LogP contribution in [0.15, 0.2) is 59.5 Å². The zero-order chi connectivity index (χ0) is 20.1. The SMILES string of the molecule is CCC1c2ccc(C#N)n2-c2ccc(F)cc2N1S(=O)(=O)c1ccc(O)cc1. The van der Waals surface area contributed by atoms with Gasteiger partial charge in [-0.25, -0.2) is 12.8 Å². The van der Waals surface area contributed by atoms with Crippen molar-refractivity contribution in [2.24, 2.45) is 0 Å². The van der Waals surface area contributed by atoms with Crippen molar-refractivity contribution in [1.82, 2.24) is 4.57 Å². The number of phenolic OH excluding ortho intramolecular Hbond substituents is 1. The van der Waals surface area contributed by atoms with Gasteiger partial charge in [0.25, 0.3) is 10.0 Å². The third kappa shape index (κ3) is 2.55. The Morgan fingerprint density at radius 3 is 2.46 bits per heavy atom. The maximum absolute atomic E-state index is 14.1. The number of nitrogens with zero attached hydrogens (tertiary/aromatic N) is 3. The van der Waals surface area contributed by atoms with E-state index in [0.717, 1.165) is 0 Å². The molecule has 1 aromatic heterocycles. The smallest absolute Gasteiger partial charge is 0.265 e. The van der Waals surface area contributed by atoms with Crippen LogP contribution in [0.4, 0.5) is 10.1 Å². The zero-order valence-corrected chi connectivity index (χ0v) is 15.7. The van der Waals surface area contributed by atoms with Gasteiger partial charge in [-0.2, -0.15) is 5.26 Å². The molecule has 0 saturated carbocycles. The van der Waals surface area contributed by atoms with Crippen LogP contribution in [0.2, 0.25) is 0 Å². The van der Waals surface area contributed by atoms with E-state index in [9.17, 15) is 23.2 Å². The van der Waals surface area contributed by atoms with Crippen LogP contribution in [-0.2, 0) is 10.0 Å². The third-order valence-corrected chi connectivity index (χ3v) is 6.68. The second-order valence-corrected chi connectivity index (χ2v) is 8.26.